The summed E-state index contributed by atoms with van der Waals surface area (Å²) < 4.78 is 5.39. The molecule has 19 heavy (non-hydrogen) atoms. The van der Waals surface area contributed by atoms with Crippen molar-refractivity contribution in [2.75, 3.05) is 31.6 Å². The van der Waals surface area contributed by atoms with Gasteiger partial charge in [-0.3, -0.25) is 0 Å². The number of nitrogens with one attached hydrogen (secondary N) is 1. The first-order valence-corrected chi connectivity index (χ1v) is 7.25. The van der Waals surface area contributed by atoms with E-state index in [0.717, 1.165) is 55.4 Å². The zero-order valence-electron chi connectivity index (χ0n) is 11.7. The zero-order valence-corrected chi connectivity index (χ0v) is 12.4. The molecule has 1 fully saturated rings. The van der Waals surface area contributed by atoms with Crippen LogP contribution in [0.3, 0.4) is 0 Å². The minimum Gasteiger partial charge on any atom is -0.380 e. The van der Waals surface area contributed by atoms with E-state index in [0.29, 0.717) is 6.10 Å². The monoisotopic (exact) mass is 283 g/mol. The fraction of sp³-hybridized carbons (Fsp3) is 0.643. The molecule has 1 N–H and O–H groups in total. The van der Waals surface area contributed by atoms with Crippen LogP contribution in [0.1, 0.15) is 25.3 Å². The Hall–Kier alpha value is -0.840. The minimum atomic E-state index is 0.319. The van der Waals surface area contributed by atoms with E-state index in [-0.39, 0.29) is 0 Å². The SMILES string of the molecule is CCCNCc1cc(N2CCC(OC)C2)ncc1Cl. The van der Waals surface area contributed by atoms with E-state index in [9.17, 15) is 0 Å². The predicted octanol–water partition coefficient (Wildman–Crippen LogP) is 2.46. The maximum Gasteiger partial charge on any atom is 0.128 e. The van der Waals surface area contributed by atoms with Gasteiger partial charge in [-0.25, -0.2) is 4.98 Å². The maximum absolute atomic E-state index is 6.19. The number of hydrogen-bond donors (Lipinski definition) is 1. The summed E-state index contributed by atoms with van der Waals surface area (Å²) in [6.07, 6.45) is 4.25. The molecule has 0 spiro atoms. The van der Waals surface area contributed by atoms with Crippen molar-refractivity contribution in [3.63, 3.8) is 0 Å². The highest BCUT2D eigenvalue weighted by atomic mass is 35.5. The quantitative estimate of drug-likeness (QED) is 0.814. The molecule has 0 aromatic carbocycles. The standard InChI is InChI=1S/C14H22ClN3O/c1-3-5-16-8-11-7-14(17-9-13(11)15)18-6-4-12(10-18)19-2/h7,9,12,16H,3-6,8,10H2,1-2H3. The molecule has 1 saturated heterocycles. The lowest BCUT2D eigenvalue weighted by molar-refractivity contribution is 0.121. The van der Waals surface area contributed by atoms with E-state index in [1.807, 2.05) is 0 Å². The third-order valence-corrected chi connectivity index (χ3v) is 3.81. The van der Waals surface area contributed by atoms with Crippen molar-refractivity contribution in [1.29, 1.82) is 0 Å². The van der Waals surface area contributed by atoms with E-state index in [2.05, 4.69) is 28.2 Å². The highest BCUT2D eigenvalue weighted by Crippen LogP contribution is 2.24. The largest absolute Gasteiger partial charge is 0.380 e. The number of nitrogens with zero attached hydrogens (tertiary/aromatic N) is 2. The lowest BCUT2D eigenvalue weighted by Gasteiger charge is -2.18. The highest BCUT2D eigenvalue weighted by Gasteiger charge is 2.23. The van der Waals surface area contributed by atoms with Crippen LogP contribution in [0.5, 0.6) is 0 Å². The van der Waals surface area contributed by atoms with Crippen LogP contribution in [0.15, 0.2) is 12.3 Å². The van der Waals surface area contributed by atoms with Crippen molar-refractivity contribution < 1.29 is 4.74 Å². The van der Waals surface area contributed by atoms with Gasteiger partial charge in [-0.2, -0.15) is 0 Å². The smallest absolute Gasteiger partial charge is 0.128 e. The maximum atomic E-state index is 6.19. The summed E-state index contributed by atoms with van der Waals surface area (Å²) in [4.78, 5) is 6.69. The number of aromatic nitrogens is 1. The Kier molecular flexibility index (Phi) is 5.43. The molecule has 0 amide bonds. The van der Waals surface area contributed by atoms with Gasteiger partial charge in [0.15, 0.2) is 0 Å². The average molecular weight is 284 g/mol. The van der Waals surface area contributed by atoms with Crippen LogP contribution in [0.4, 0.5) is 5.82 Å². The molecule has 106 valence electrons. The van der Waals surface area contributed by atoms with Gasteiger partial charge in [0.25, 0.3) is 0 Å². The van der Waals surface area contributed by atoms with Crippen LogP contribution in [0, 0.1) is 0 Å². The summed E-state index contributed by atoms with van der Waals surface area (Å²) in [5, 5.41) is 4.11. The van der Waals surface area contributed by atoms with Crippen molar-refractivity contribution >= 4 is 17.4 Å². The van der Waals surface area contributed by atoms with E-state index in [1.165, 1.54) is 0 Å². The van der Waals surface area contributed by atoms with Crippen LogP contribution >= 0.6 is 11.6 Å². The average Bonchev–Trinajstić information content (AvgIpc) is 2.90. The summed E-state index contributed by atoms with van der Waals surface area (Å²) in [6, 6.07) is 2.09. The molecule has 1 aliphatic heterocycles. The third-order valence-electron chi connectivity index (χ3n) is 3.46. The lowest BCUT2D eigenvalue weighted by atomic mass is 10.2. The van der Waals surface area contributed by atoms with Gasteiger partial charge in [0.2, 0.25) is 0 Å². The number of ether oxygens (including phenoxy) is 1. The van der Waals surface area contributed by atoms with E-state index in [1.54, 1.807) is 13.3 Å². The number of halogens is 1. The summed E-state index contributed by atoms with van der Waals surface area (Å²) >= 11 is 6.19. The Balaban J connectivity index is 2.03. The number of methoxy groups -OCH3 is 1. The van der Waals surface area contributed by atoms with Gasteiger partial charge >= 0.3 is 0 Å². The second-order valence-electron chi connectivity index (χ2n) is 4.90. The Morgan fingerprint density at radius 3 is 3.11 bits per heavy atom. The van der Waals surface area contributed by atoms with Crippen LogP contribution in [-0.2, 0) is 11.3 Å². The first-order valence-electron chi connectivity index (χ1n) is 6.87. The number of pyridine rings is 1. The molecule has 1 aromatic heterocycles. The molecule has 5 heteroatoms. The number of anilines is 1. The molecule has 0 saturated carbocycles. The first kappa shape index (κ1) is 14.6. The molecular formula is C14H22ClN3O. The van der Waals surface area contributed by atoms with Crippen LogP contribution in [0.2, 0.25) is 5.02 Å². The Bertz CT molecular complexity index is 414. The van der Waals surface area contributed by atoms with Gasteiger partial charge < -0.3 is 15.0 Å². The minimum absolute atomic E-state index is 0.319. The van der Waals surface area contributed by atoms with Crippen molar-refractivity contribution in [2.45, 2.75) is 32.4 Å². The van der Waals surface area contributed by atoms with Gasteiger partial charge in [0.05, 0.1) is 11.1 Å². The van der Waals surface area contributed by atoms with E-state index >= 15 is 0 Å². The topological polar surface area (TPSA) is 37.4 Å². The summed E-state index contributed by atoms with van der Waals surface area (Å²) in [6.45, 7) is 5.86. The van der Waals surface area contributed by atoms with Crippen molar-refractivity contribution in [2.24, 2.45) is 0 Å². The molecule has 1 aliphatic rings. The van der Waals surface area contributed by atoms with Crippen molar-refractivity contribution in [1.82, 2.24) is 10.3 Å². The van der Waals surface area contributed by atoms with Crippen molar-refractivity contribution in [3.05, 3.63) is 22.8 Å². The first-order chi connectivity index (χ1) is 9.24. The summed E-state index contributed by atoms with van der Waals surface area (Å²) in [7, 11) is 1.77. The molecular weight excluding hydrogens is 262 g/mol. The van der Waals surface area contributed by atoms with Crippen LogP contribution in [-0.4, -0.2) is 37.8 Å². The summed E-state index contributed by atoms with van der Waals surface area (Å²) in [5.41, 5.74) is 1.11. The molecule has 4 nitrogen and oxygen atoms in total. The fourth-order valence-corrected chi connectivity index (χ4v) is 2.47. The number of rotatable bonds is 6. The molecule has 1 atom stereocenters. The molecule has 0 aliphatic carbocycles. The molecule has 1 unspecified atom stereocenters. The number of hydrogen-bond acceptors (Lipinski definition) is 4. The Morgan fingerprint density at radius 2 is 2.42 bits per heavy atom. The third kappa shape index (κ3) is 3.81. The van der Waals surface area contributed by atoms with E-state index < -0.39 is 0 Å². The van der Waals surface area contributed by atoms with Gasteiger partial charge in [-0.05, 0) is 31.0 Å². The van der Waals surface area contributed by atoms with Crippen molar-refractivity contribution in [3.8, 4) is 0 Å². The molecule has 0 bridgehead atoms. The molecule has 1 aromatic rings. The fourth-order valence-electron chi connectivity index (χ4n) is 2.30. The molecule has 2 heterocycles. The van der Waals surface area contributed by atoms with Crippen LogP contribution in [0.25, 0.3) is 0 Å². The van der Waals surface area contributed by atoms with E-state index in [4.69, 9.17) is 16.3 Å². The van der Waals surface area contributed by atoms with Crippen LogP contribution < -0.4 is 10.2 Å². The normalized spacial score (nSPS) is 19.1. The second kappa shape index (κ2) is 7.08. The van der Waals surface area contributed by atoms with Gasteiger partial charge in [0.1, 0.15) is 5.82 Å². The Labute approximate surface area is 120 Å². The predicted molar refractivity (Wildman–Crippen MR) is 78.9 cm³/mol. The second-order valence-corrected chi connectivity index (χ2v) is 5.31. The van der Waals surface area contributed by atoms with Gasteiger partial charge in [0, 0.05) is 32.9 Å². The zero-order chi connectivity index (χ0) is 13.7. The Morgan fingerprint density at radius 1 is 1.58 bits per heavy atom. The summed E-state index contributed by atoms with van der Waals surface area (Å²) in [5.74, 6) is 0.997. The molecule has 0 radical (unpaired) electrons. The van der Waals surface area contributed by atoms with Gasteiger partial charge in [-0.1, -0.05) is 18.5 Å². The lowest BCUT2D eigenvalue weighted by Crippen LogP contribution is -2.23. The van der Waals surface area contributed by atoms with Gasteiger partial charge in [-0.15, -0.1) is 0 Å². The molecule has 2 rings (SSSR count). The highest BCUT2D eigenvalue weighted by molar-refractivity contribution is 6.31.